The first kappa shape index (κ1) is 20.9. The fourth-order valence-electron chi connectivity index (χ4n) is 2.52. The first-order valence-electron chi connectivity index (χ1n) is 8.81. The molecule has 29 heavy (non-hydrogen) atoms. The lowest BCUT2D eigenvalue weighted by molar-refractivity contribution is -0.118. The molecule has 0 fully saturated rings. The molecule has 0 aliphatic carbocycles. The van der Waals surface area contributed by atoms with Crippen LogP contribution in [0.15, 0.2) is 58.8 Å². The molecule has 0 bridgehead atoms. The molecule has 0 spiro atoms. The van der Waals surface area contributed by atoms with Crippen molar-refractivity contribution >= 4 is 41.2 Å². The number of carbonyl (C=O) groups excluding carboxylic acids is 1. The molecular formula is C20H21ClN6OS. The van der Waals surface area contributed by atoms with Gasteiger partial charge in [-0.05, 0) is 29.8 Å². The second kappa shape index (κ2) is 9.58. The molecule has 9 heteroatoms. The van der Waals surface area contributed by atoms with Gasteiger partial charge in [0.2, 0.25) is 0 Å². The normalized spacial score (nSPS) is 11.0. The molecule has 7 nitrogen and oxygen atoms in total. The SMILES string of the molecule is CN(C)c1ccc(C=NNC(=O)CSc2nnc(-c3cccc(Cl)c3)n2C)cc1. The summed E-state index contributed by atoms with van der Waals surface area (Å²) in [6.07, 6.45) is 1.61. The maximum absolute atomic E-state index is 12.1. The van der Waals surface area contributed by atoms with Gasteiger partial charge < -0.3 is 9.47 Å². The van der Waals surface area contributed by atoms with Crippen molar-refractivity contribution in [3.63, 3.8) is 0 Å². The van der Waals surface area contributed by atoms with Crippen LogP contribution in [0.3, 0.4) is 0 Å². The van der Waals surface area contributed by atoms with Gasteiger partial charge in [-0.1, -0.05) is 47.6 Å². The number of aromatic nitrogens is 3. The third-order valence-corrected chi connectivity index (χ3v) is 5.32. The molecule has 150 valence electrons. The fraction of sp³-hybridized carbons (Fsp3) is 0.200. The molecule has 0 saturated heterocycles. The minimum absolute atomic E-state index is 0.179. The summed E-state index contributed by atoms with van der Waals surface area (Å²) < 4.78 is 1.83. The molecule has 2 aromatic carbocycles. The Morgan fingerprint density at radius 3 is 2.69 bits per heavy atom. The minimum Gasteiger partial charge on any atom is -0.378 e. The van der Waals surface area contributed by atoms with Gasteiger partial charge in [0, 0.05) is 37.4 Å². The summed E-state index contributed by atoms with van der Waals surface area (Å²) in [6, 6.07) is 15.3. The topological polar surface area (TPSA) is 75.4 Å². The number of rotatable bonds is 7. The van der Waals surface area contributed by atoms with Crippen molar-refractivity contribution in [2.45, 2.75) is 5.16 Å². The Labute approximate surface area is 178 Å². The highest BCUT2D eigenvalue weighted by atomic mass is 35.5. The summed E-state index contributed by atoms with van der Waals surface area (Å²) in [4.78, 5) is 14.1. The van der Waals surface area contributed by atoms with Crippen LogP contribution in [-0.4, -0.2) is 46.7 Å². The smallest absolute Gasteiger partial charge is 0.250 e. The number of nitrogens with one attached hydrogen (secondary N) is 1. The Bertz CT molecular complexity index is 1020. The van der Waals surface area contributed by atoms with Crippen molar-refractivity contribution in [1.82, 2.24) is 20.2 Å². The highest BCUT2D eigenvalue weighted by molar-refractivity contribution is 7.99. The number of halogens is 1. The van der Waals surface area contributed by atoms with Crippen LogP contribution in [0.4, 0.5) is 5.69 Å². The van der Waals surface area contributed by atoms with E-state index in [0.717, 1.165) is 16.8 Å². The summed E-state index contributed by atoms with van der Waals surface area (Å²) in [6.45, 7) is 0. The largest absolute Gasteiger partial charge is 0.378 e. The van der Waals surface area contributed by atoms with Crippen LogP contribution in [0.5, 0.6) is 0 Å². The van der Waals surface area contributed by atoms with Gasteiger partial charge in [0.25, 0.3) is 5.91 Å². The molecule has 3 rings (SSSR count). The van der Waals surface area contributed by atoms with E-state index in [-0.39, 0.29) is 11.7 Å². The van der Waals surface area contributed by atoms with Crippen molar-refractivity contribution in [3.8, 4) is 11.4 Å². The van der Waals surface area contributed by atoms with Gasteiger partial charge >= 0.3 is 0 Å². The van der Waals surface area contributed by atoms with E-state index in [0.29, 0.717) is 16.0 Å². The van der Waals surface area contributed by atoms with Crippen molar-refractivity contribution < 1.29 is 4.79 Å². The number of nitrogens with zero attached hydrogens (tertiary/aromatic N) is 5. The third-order valence-electron chi connectivity index (χ3n) is 4.06. The maximum Gasteiger partial charge on any atom is 0.250 e. The summed E-state index contributed by atoms with van der Waals surface area (Å²) in [5.74, 6) is 0.649. The van der Waals surface area contributed by atoms with Crippen LogP contribution in [0.2, 0.25) is 5.02 Å². The predicted molar refractivity (Wildman–Crippen MR) is 119 cm³/mol. The molecule has 0 radical (unpaired) electrons. The molecule has 0 unspecified atom stereocenters. The van der Waals surface area contributed by atoms with Crippen LogP contribution in [0.1, 0.15) is 5.56 Å². The zero-order valence-corrected chi connectivity index (χ0v) is 17.9. The monoisotopic (exact) mass is 428 g/mol. The van der Waals surface area contributed by atoms with E-state index in [1.54, 1.807) is 12.3 Å². The lowest BCUT2D eigenvalue weighted by atomic mass is 10.2. The van der Waals surface area contributed by atoms with E-state index < -0.39 is 0 Å². The van der Waals surface area contributed by atoms with E-state index in [1.807, 2.05) is 73.1 Å². The lowest BCUT2D eigenvalue weighted by Gasteiger charge is -2.11. The van der Waals surface area contributed by atoms with Gasteiger partial charge in [-0.15, -0.1) is 10.2 Å². The average molecular weight is 429 g/mol. The van der Waals surface area contributed by atoms with Gasteiger partial charge in [0.15, 0.2) is 11.0 Å². The van der Waals surface area contributed by atoms with Gasteiger partial charge in [-0.25, -0.2) is 5.43 Å². The third kappa shape index (κ3) is 5.58. The molecule has 0 aliphatic heterocycles. The number of benzene rings is 2. The summed E-state index contributed by atoms with van der Waals surface area (Å²) in [5.41, 5.74) is 5.40. The van der Waals surface area contributed by atoms with Crippen LogP contribution >= 0.6 is 23.4 Å². The van der Waals surface area contributed by atoms with Crippen LogP contribution < -0.4 is 10.3 Å². The number of hydrazone groups is 1. The summed E-state index contributed by atoms with van der Waals surface area (Å²) >= 11 is 7.33. The van der Waals surface area contributed by atoms with E-state index in [9.17, 15) is 4.79 Å². The zero-order chi connectivity index (χ0) is 20.8. The predicted octanol–water partition coefficient (Wildman–Crippen LogP) is 3.44. The zero-order valence-electron chi connectivity index (χ0n) is 16.3. The highest BCUT2D eigenvalue weighted by Crippen LogP contribution is 2.24. The van der Waals surface area contributed by atoms with Crippen LogP contribution in [-0.2, 0) is 11.8 Å². The second-order valence-electron chi connectivity index (χ2n) is 6.44. The quantitative estimate of drug-likeness (QED) is 0.354. The van der Waals surface area contributed by atoms with E-state index >= 15 is 0 Å². The molecule has 1 heterocycles. The van der Waals surface area contributed by atoms with Crippen LogP contribution in [0, 0.1) is 0 Å². The van der Waals surface area contributed by atoms with Gasteiger partial charge in [-0.2, -0.15) is 5.10 Å². The van der Waals surface area contributed by atoms with Crippen LogP contribution in [0.25, 0.3) is 11.4 Å². The Hall–Kier alpha value is -2.84. The Balaban J connectivity index is 1.53. The Kier molecular flexibility index (Phi) is 6.90. The van der Waals surface area contributed by atoms with E-state index in [1.165, 1.54) is 11.8 Å². The van der Waals surface area contributed by atoms with Crippen molar-refractivity contribution in [1.29, 1.82) is 0 Å². The molecule has 0 aliphatic rings. The Morgan fingerprint density at radius 2 is 2.00 bits per heavy atom. The van der Waals surface area contributed by atoms with Crippen molar-refractivity contribution in [2.24, 2.45) is 12.1 Å². The van der Waals surface area contributed by atoms with E-state index in [4.69, 9.17) is 11.6 Å². The number of carbonyl (C=O) groups is 1. The molecule has 0 atom stereocenters. The molecule has 1 amide bonds. The number of thioether (sulfide) groups is 1. The molecule has 1 aromatic heterocycles. The van der Waals surface area contributed by atoms with Gasteiger partial charge in [-0.3, -0.25) is 4.79 Å². The first-order valence-corrected chi connectivity index (χ1v) is 10.2. The van der Waals surface area contributed by atoms with Crippen molar-refractivity contribution in [3.05, 3.63) is 59.1 Å². The molecule has 3 aromatic rings. The van der Waals surface area contributed by atoms with Crippen molar-refractivity contribution in [2.75, 3.05) is 24.7 Å². The molecular weight excluding hydrogens is 408 g/mol. The first-order chi connectivity index (χ1) is 13.9. The average Bonchev–Trinajstić information content (AvgIpc) is 3.07. The number of anilines is 1. The lowest BCUT2D eigenvalue weighted by Crippen LogP contribution is -2.19. The summed E-state index contributed by atoms with van der Waals surface area (Å²) in [5, 5.41) is 13.6. The molecule has 1 N–H and O–H groups in total. The fourth-order valence-corrected chi connectivity index (χ4v) is 3.41. The second-order valence-corrected chi connectivity index (χ2v) is 7.82. The number of hydrogen-bond donors (Lipinski definition) is 1. The maximum atomic E-state index is 12.1. The number of amides is 1. The van der Waals surface area contributed by atoms with Gasteiger partial charge in [0.05, 0.1) is 12.0 Å². The van der Waals surface area contributed by atoms with Gasteiger partial charge in [0.1, 0.15) is 0 Å². The minimum atomic E-state index is -0.219. The standard InChI is InChI=1S/C20H21ClN6OS/c1-26(2)17-9-7-14(8-10-17)12-22-23-18(28)13-29-20-25-24-19(27(20)3)15-5-4-6-16(21)11-15/h4-12H,13H2,1-3H3,(H,23,28). The number of hydrogen-bond acceptors (Lipinski definition) is 6. The summed E-state index contributed by atoms with van der Waals surface area (Å²) in [7, 11) is 5.82. The highest BCUT2D eigenvalue weighted by Gasteiger charge is 2.13. The van der Waals surface area contributed by atoms with E-state index in [2.05, 4.69) is 20.7 Å². The molecule has 0 saturated carbocycles. The Morgan fingerprint density at radius 1 is 1.24 bits per heavy atom.